The zero-order valence-electron chi connectivity index (χ0n) is 14.4. The first kappa shape index (κ1) is 18.3. The lowest BCUT2D eigenvalue weighted by Crippen LogP contribution is -2.47. The number of amides is 2. The van der Waals surface area contributed by atoms with E-state index in [9.17, 15) is 9.59 Å². The molecule has 0 unspecified atom stereocenters. The number of hydrogen-bond acceptors (Lipinski definition) is 4. The summed E-state index contributed by atoms with van der Waals surface area (Å²) in [4.78, 5) is 25.7. The van der Waals surface area contributed by atoms with Crippen LogP contribution in [0, 0.1) is 0 Å². The van der Waals surface area contributed by atoms with Crippen molar-refractivity contribution in [3.63, 3.8) is 0 Å². The van der Waals surface area contributed by atoms with Gasteiger partial charge in [-0.25, -0.2) is 0 Å². The molecule has 0 atom stereocenters. The van der Waals surface area contributed by atoms with Gasteiger partial charge in [0.05, 0.1) is 13.0 Å². The highest BCUT2D eigenvalue weighted by Crippen LogP contribution is 2.14. The predicted octanol–water partition coefficient (Wildman–Crippen LogP) is 1.38. The quantitative estimate of drug-likeness (QED) is 0.818. The van der Waals surface area contributed by atoms with Crippen molar-refractivity contribution in [3.05, 3.63) is 29.8 Å². The Balaban J connectivity index is 1.74. The molecule has 0 bridgehead atoms. The fourth-order valence-electron chi connectivity index (χ4n) is 2.82. The maximum atomic E-state index is 12.2. The lowest BCUT2D eigenvalue weighted by atomic mass is 10.0. The summed E-state index contributed by atoms with van der Waals surface area (Å²) in [7, 11) is 1.52. The lowest BCUT2D eigenvalue weighted by Gasteiger charge is -2.32. The maximum Gasteiger partial charge on any atom is 0.248 e. The number of nitrogens with one attached hydrogen (secondary N) is 1. The zero-order valence-corrected chi connectivity index (χ0v) is 14.4. The maximum absolute atomic E-state index is 12.2. The Hall–Kier alpha value is -2.08. The van der Waals surface area contributed by atoms with Gasteiger partial charge in [0.15, 0.2) is 0 Å². The van der Waals surface area contributed by atoms with Crippen LogP contribution in [0.25, 0.3) is 0 Å². The van der Waals surface area contributed by atoms with Gasteiger partial charge in [-0.2, -0.15) is 0 Å². The second kappa shape index (κ2) is 9.27. The van der Waals surface area contributed by atoms with Crippen molar-refractivity contribution in [2.24, 2.45) is 0 Å². The molecule has 1 aliphatic rings. The summed E-state index contributed by atoms with van der Waals surface area (Å²) >= 11 is 0. The van der Waals surface area contributed by atoms with E-state index in [4.69, 9.17) is 9.47 Å². The minimum atomic E-state index is 0.0108. The second-order valence-corrected chi connectivity index (χ2v) is 5.91. The number of rotatable bonds is 7. The van der Waals surface area contributed by atoms with Crippen LogP contribution in [0.3, 0.4) is 0 Å². The van der Waals surface area contributed by atoms with Crippen LogP contribution in [0.15, 0.2) is 24.3 Å². The van der Waals surface area contributed by atoms with E-state index in [1.807, 2.05) is 31.2 Å². The Morgan fingerprint density at radius 1 is 1.21 bits per heavy atom. The van der Waals surface area contributed by atoms with Crippen molar-refractivity contribution in [3.8, 4) is 5.75 Å². The number of hydrogen-bond donors (Lipinski definition) is 1. The summed E-state index contributed by atoms with van der Waals surface area (Å²) in [5.74, 6) is 0.840. The van der Waals surface area contributed by atoms with E-state index in [0.717, 1.165) is 24.2 Å². The number of piperidine rings is 1. The van der Waals surface area contributed by atoms with E-state index >= 15 is 0 Å². The largest absolute Gasteiger partial charge is 0.494 e. The van der Waals surface area contributed by atoms with Gasteiger partial charge in [-0.1, -0.05) is 12.1 Å². The van der Waals surface area contributed by atoms with Crippen LogP contribution in [0.2, 0.25) is 0 Å². The minimum Gasteiger partial charge on any atom is -0.494 e. The van der Waals surface area contributed by atoms with Crippen LogP contribution in [0.5, 0.6) is 5.75 Å². The predicted molar refractivity (Wildman–Crippen MR) is 90.9 cm³/mol. The molecule has 6 heteroatoms. The topological polar surface area (TPSA) is 67.9 Å². The van der Waals surface area contributed by atoms with E-state index in [1.54, 1.807) is 4.90 Å². The van der Waals surface area contributed by atoms with Crippen LogP contribution >= 0.6 is 0 Å². The number of methoxy groups -OCH3 is 1. The molecule has 1 N–H and O–H groups in total. The van der Waals surface area contributed by atoms with E-state index in [1.165, 1.54) is 7.11 Å². The standard InChI is InChI=1S/C18H26N2O4/c1-3-24-16-6-4-14(5-7-16)12-17(21)19-15-8-10-20(11-9-15)18(22)13-23-2/h4-7,15H,3,8-13H2,1-2H3,(H,19,21). The van der Waals surface area contributed by atoms with Gasteiger partial charge in [-0.15, -0.1) is 0 Å². The Morgan fingerprint density at radius 3 is 2.46 bits per heavy atom. The Morgan fingerprint density at radius 2 is 1.88 bits per heavy atom. The van der Waals surface area contributed by atoms with E-state index in [0.29, 0.717) is 26.1 Å². The number of carbonyl (C=O) groups excluding carboxylic acids is 2. The summed E-state index contributed by atoms with van der Waals surface area (Å²) in [6.07, 6.45) is 1.92. The van der Waals surface area contributed by atoms with Crippen LogP contribution in [-0.2, 0) is 20.7 Å². The van der Waals surface area contributed by atoms with Crippen LogP contribution in [0.1, 0.15) is 25.3 Å². The minimum absolute atomic E-state index is 0.0108. The molecule has 1 saturated heterocycles. The SMILES string of the molecule is CCOc1ccc(CC(=O)NC2CCN(C(=O)COC)CC2)cc1. The number of likely N-dealkylation sites (tertiary alicyclic amines) is 1. The van der Waals surface area contributed by atoms with Crippen molar-refractivity contribution in [1.29, 1.82) is 0 Å². The summed E-state index contributed by atoms with van der Waals surface area (Å²) in [5, 5.41) is 3.06. The highest BCUT2D eigenvalue weighted by atomic mass is 16.5. The molecule has 1 aromatic carbocycles. The molecule has 1 fully saturated rings. The third-order valence-corrected chi connectivity index (χ3v) is 4.08. The van der Waals surface area contributed by atoms with Gasteiger partial charge in [0.1, 0.15) is 12.4 Å². The molecule has 6 nitrogen and oxygen atoms in total. The van der Waals surface area contributed by atoms with Gasteiger partial charge in [-0.05, 0) is 37.5 Å². The Labute approximate surface area is 143 Å². The molecule has 2 rings (SSSR count). The van der Waals surface area contributed by atoms with E-state index in [-0.39, 0.29) is 24.5 Å². The van der Waals surface area contributed by atoms with E-state index in [2.05, 4.69) is 5.32 Å². The normalized spacial score (nSPS) is 15.2. The van der Waals surface area contributed by atoms with Gasteiger partial charge in [-0.3, -0.25) is 9.59 Å². The first-order valence-corrected chi connectivity index (χ1v) is 8.40. The van der Waals surface area contributed by atoms with Crippen LogP contribution < -0.4 is 10.1 Å². The average molecular weight is 334 g/mol. The average Bonchev–Trinajstić information content (AvgIpc) is 2.58. The number of nitrogens with zero attached hydrogens (tertiary/aromatic N) is 1. The molecular weight excluding hydrogens is 308 g/mol. The summed E-state index contributed by atoms with van der Waals surface area (Å²) in [6.45, 7) is 4.02. The third-order valence-electron chi connectivity index (χ3n) is 4.08. The van der Waals surface area contributed by atoms with Crippen molar-refractivity contribution in [2.75, 3.05) is 33.4 Å². The number of benzene rings is 1. The Kier molecular flexibility index (Phi) is 7.06. The number of carbonyl (C=O) groups is 2. The van der Waals surface area contributed by atoms with Gasteiger partial charge in [0.2, 0.25) is 11.8 Å². The molecule has 0 aromatic heterocycles. The fourth-order valence-corrected chi connectivity index (χ4v) is 2.82. The summed E-state index contributed by atoms with van der Waals surface area (Å²) < 4.78 is 10.3. The first-order chi connectivity index (χ1) is 11.6. The molecular formula is C18H26N2O4. The smallest absolute Gasteiger partial charge is 0.248 e. The second-order valence-electron chi connectivity index (χ2n) is 5.91. The molecule has 1 aromatic rings. The first-order valence-electron chi connectivity index (χ1n) is 8.40. The highest BCUT2D eigenvalue weighted by molar-refractivity contribution is 5.79. The van der Waals surface area contributed by atoms with Gasteiger partial charge < -0.3 is 19.7 Å². The van der Waals surface area contributed by atoms with Gasteiger partial charge in [0, 0.05) is 26.2 Å². The van der Waals surface area contributed by atoms with Crippen molar-refractivity contribution in [1.82, 2.24) is 10.2 Å². The molecule has 2 amide bonds. The fraction of sp³-hybridized carbons (Fsp3) is 0.556. The van der Waals surface area contributed by atoms with Crippen molar-refractivity contribution >= 4 is 11.8 Å². The van der Waals surface area contributed by atoms with Crippen molar-refractivity contribution < 1.29 is 19.1 Å². The molecule has 1 heterocycles. The third kappa shape index (κ3) is 5.53. The van der Waals surface area contributed by atoms with Crippen molar-refractivity contribution in [2.45, 2.75) is 32.2 Å². The van der Waals surface area contributed by atoms with Gasteiger partial charge in [0.25, 0.3) is 0 Å². The molecule has 132 valence electrons. The number of ether oxygens (including phenoxy) is 2. The summed E-state index contributed by atoms with van der Waals surface area (Å²) in [6, 6.07) is 7.72. The molecule has 0 spiro atoms. The lowest BCUT2D eigenvalue weighted by molar-refractivity contribution is -0.136. The molecule has 0 saturated carbocycles. The highest BCUT2D eigenvalue weighted by Gasteiger charge is 2.23. The summed E-state index contributed by atoms with van der Waals surface area (Å²) in [5.41, 5.74) is 0.962. The monoisotopic (exact) mass is 334 g/mol. The van der Waals surface area contributed by atoms with E-state index < -0.39 is 0 Å². The van der Waals surface area contributed by atoms with Crippen LogP contribution in [0.4, 0.5) is 0 Å². The molecule has 1 aliphatic heterocycles. The molecule has 0 radical (unpaired) electrons. The van der Waals surface area contributed by atoms with Crippen LogP contribution in [-0.4, -0.2) is 56.2 Å². The molecule has 24 heavy (non-hydrogen) atoms. The van der Waals surface area contributed by atoms with Gasteiger partial charge >= 0.3 is 0 Å². The zero-order chi connectivity index (χ0) is 17.4. The Bertz CT molecular complexity index is 536. The molecule has 0 aliphatic carbocycles.